The molecule has 0 radical (unpaired) electrons. The van der Waals surface area contributed by atoms with Crippen LogP contribution in [0, 0.1) is 23.2 Å². The van der Waals surface area contributed by atoms with Crippen molar-refractivity contribution in [2.24, 2.45) is 11.8 Å². The minimum absolute atomic E-state index is 0.00234. The summed E-state index contributed by atoms with van der Waals surface area (Å²) in [6.07, 6.45) is 2.89. The van der Waals surface area contributed by atoms with Crippen molar-refractivity contribution in [3.63, 3.8) is 0 Å². The zero-order chi connectivity index (χ0) is 21.5. The fourth-order valence-corrected chi connectivity index (χ4v) is 9.12. The normalized spacial score (nSPS) is 36.5. The van der Waals surface area contributed by atoms with Gasteiger partial charge in [-0.05, 0) is 55.7 Å². The number of carbonyl (C=O) groups excluding carboxylic acids is 2. The molecule has 5 heterocycles. The van der Waals surface area contributed by atoms with E-state index in [4.69, 9.17) is 9.47 Å². The highest BCUT2D eigenvalue weighted by atomic mass is 33.1. The molecule has 0 aromatic heterocycles. The van der Waals surface area contributed by atoms with Crippen molar-refractivity contribution in [3.05, 3.63) is 23.8 Å². The molecule has 7 nitrogen and oxygen atoms in total. The van der Waals surface area contributed by atoms with Gasteiger partial charge in [0.05, 0.1) is 12.1 Å². The Labute approximate surface area is 188 Å². The number of carbonyl (C=O) groups is 2. The van der Waals surface area contributed by atoms with Crippen molar-refractivity contribution in [1.82, 2.24) is 9.80 Å². The number of benzene rings is 1. The van der Waals surface area contributed by atoms with Gasteiger partial charge in [0.2, 0.25) is 6.79 Å². The lowest BCUT2D eigenvalue weighted by Crippen LogP contribution is -2.75. The van der Waals surface area contributed by atoms with E-state index >= 15 is 0 Å². The van der Waals surface area contributed by atoms with Crippen LogP contribution in [0.5, 0.6) is 11.5 Å². The van der Waals surface area contributed by atoms with Crippen LogP contribution < -0.4 is 9.47 Å². The highest BCUT2D eigenvalue weighted by Gasteiger charge is 2.74. The molecule has 0 N–H and O–H groups in total. The fourth-order valence-electron chi connectivity index (χ4n) is 5.62. The Morgan fingerprint density at radius 1 is 1.19 bits per heavy atom. The first-order chi connectivity index (χ1) is 14.9. The molecule has 1 saturated carbocycles. The number of nitriles is 1. The van der Waals surface area contributed by atoms with Crippen LogP contribution in [0.2, 0.25) is 0 Å². The summed E-state index contributed by atoms with van der Waals surface area (Å²) in [5, 5.41) is 9.39. The van der Waals surface area contributed by atoms with Gasteiger partial charge < -0.3 is 19.3 Å². The van der Waals surface area contributed by atoms with E-state index in [0.29, 0.717) is 24.3 Å². The van der Waals surface area contributed by atoms with Crippen LogP contribution >= 0.6 is 21.6 Å². The van der Waals surface area contributed by atoms with Gasteiger partial charge >= 0.3 is 0 Å². The zero-order valence-corrected chi connectivity index (χ0v) is 19.0. The molecule has 1 aromatic rings. The van der Waals surface area contributed by atoms with Crippen molar-refractivity contribution in [2.75, 3.05) is 6.79 Å². The molecule has 7 rings (SSSR count). The van der Waals surface area contributed by atoms with Crippen molar-refractivity contribution < 1.29 is 19.1 Å². The number of hydrogen-bond donors (Lipinski definition) is 0. The molecule has 31 heavy (non-hydrogen) atoms. The molecule has 4 saturated heterocycles. The van der Waals surface area contributed by atoms with E-state index < -0.39 is 9.74 Å². The summed E-state index contributed by atoms with van der Waals surface area (Å²) in [6, 6.07) is 7.99. The molecule has 1 aromatic carbocycles. The second-order valence-electron chi connectivity index (χ2n) is 9.28. The predicted octanol–water partition coefficient (Wildman–Crippen LogP) is 3.67. The average molecular weight is 458 g/mol. The Hall–Kier alpha value is -2.05. The third-order valence-corrected chi connectivity index (χ3v) is 11.0. The molecular weight excluding hydrogens is 434 g/mol. The van der Waals surface area contributed by atoms with Gasteiger partial charge in [0.1, 0.15) is 0 Å². The van der Waals surface area contributed by atoms with Gasteiger partial charge in [-0.1, -0.05) is 34.6 Å². The lowest BCUT2D eigenvalue weighted by Gasteiger charge is -2.59. The van der Waals surface area contributed by atoms with Crippen LogP contribution in [-0.2, 0) is 9.59 Å². The van der Waals surface area contributed by atoms with E-state index in [-0.39, 0.29) is 42.5 Å². The molecular formula is C22H23N3O4S2. The second-order valence-corrected chi connectivity index (χ2v) is 12.1. The van der Waals surface area contributed by atoms with Gasteiger partial charge in [0.25, 0.3) is 11.8 Å². The fraction of sp³-hybridized carbons (Fsp3) is 0.591. The van der Waals surface area contributed by atoms with E-state index in [1.807, 2.05) is 34.9 Å². The van der Waals surface area contributed by atoms with Crippen LogP contribution in [0.3, 0.4) is 0 Å². The smallest absolute Gasteiger partial charge is 0.261 e. The molecule has 2 amide bonds. The van der Waals surface area contributed by atoms with Crippen LogP contribution in [0.1, 0.15) is 51.1 Å². The number of amides is 2. The van der Waals surface area contributed by atoms with Crippen LogP contribution in [0.25, 0.3) is 0 Å². The molecule has 6 aliphatic rings. The summed E-state index contributed by atoms with van der Waals surface area (Å²) in [7, 11) is 3.08. The zero-order valence-electron chi connectivity index (χ0n) is 17.4. The molecule has 3 unspecified atom stereocenters. The lowest BCUT2D eigenvalue weighted by molar-refractivity contribution is -0.166. The quantitative estimate of drug-likeness (QED) is 0.638. The first-order valence-corrected chi connectivity index (χ1v) is 12.9. The van der Waals surface area contributed by atoms with E-state index in [0.717, 1.165) is 18.4 Å². The van der Waals surface area contributed by atoms with Crippen molar-refractivity contribution >= 4 is 33.4 Å². The van der Waals surface area contributed by atoms with Gasteiger partial charge in [-0.2, -0.15) is 5.26 Å². The van der Waals surface area contributed by atoms with E-state index in [1.54, 1.807) is 10.8 Å². The largest absolute Gasteiger partial charge is 0.454 e. The number of ether oxygens (including phenoxy) is 2. The molecule has 1 aliphatic carbocycles. The summed E-state index contributed by atoms with van der Waals surface area (Å²) < 4.78 is 11.1. The highest BCUT2D eigenvalue weighted by molar-refractivity contribution is 8.78. The van der Waals surface area contributed by atoms with E-state index in [9.17, 15) is 14.9 Å². The molecule has 5 fully saturated rings. The first kappa shape index (κ1) is 19.6. The van der Waals surface area contributed by atoms with E-state index in [1.165, 1.54) is 10.8 Å². The maximum atomic E-state index is 14.0. The number of piperazine rings is 1. The summed E-state index contributed by atoms with van der Waals surface area (Å²) in [5.41, 5.74) is 0.941. The number of rotatable bonds is 4. The Kier molecular flexibility index (Phi) is 4.10. The minimum Gasteiger partial charge on any atom is -0.454 e. The van der Waals surface area contributed by atoms with Crippen LogP contribution in [0.4, 0.5) is 0 Å². The van der Waals surface area contributed by atoms with Crippen molar-refractivity contribution in [3.8, 4) is 17.6 Å². The predicted molar refractivity (Wildman–Crippen MR) is 116 cm³/mol. The summed E-state index contributed by atoms with van der Waals surface area (Å²) in [6.45, 7) is 4.14. The van der Waals surface area contributed by atoms with E-state index in [2.05, 4.69) is 13.0 Å². The van der Waals surface area contributed by atoms with Crippen molar-refractivity contribution in [2.45, 2.75) is 61.4 Å². The third kappa shape index (κ3) is 2.49. The SMILES string of the molecule is C[C@H](CC#N)C1CC23SSC(C)(C(=O)N2[C@H]1c1ccc2c(c1)OCO2)N(C1CC1)C3=O. The standard InChI is InChI=1S/C22H23N3O4S2/c1-12(7-8-23)15-10-22-20(27)24(14-4-5-14)21(2,30-31-22)19(26)25(22)18(15)13-3-6-16-17(9-13)29-11-28-16/h3,6,9,12,14-15,18H,4-5,7,10-11H2,1-2H3/t12-,15?,18+,21?,22?/m1/s1. The number of nitrogens with zero attached hydrogens (tertiary/aromatic N) is 3. The van der Waals surface area contributed by atoms with Gasteiger partial charge in [-0.25, -0.2) is 0 Å². The highest BCUT2D eigenvalue weighted by Crippen LogP contribution is 2.69. The Morgan fingerprint density at radius 3 is 2.71 bits per heavy atom. The van der Waals surface area contributed by atoms with Gasteiger partial charge in [-0.15, -0.1) is 0 Å². The summed E-state index contributed by atoms with van der Waals surface area (Å²) >= 11 is 0. The topological polar surface area (TPSA) is 82.9 Å². The molecule has 1 spiro atoms. The molecule has 9 heteroatoms. The first-order valence-electron chi connectivity index (χ1n) is 10.7. The molecule has 5 atom stereocenters. The summed E-state index contributed by atoms with van der Waals surface area (Å²) in [5.74, 6) is 1.49. The monoisotopic (exact) mass is 457 g/mol. The van der Waals surface area contributed by atoms with Crippen molar-refractivity contribution in [1.29, 1.82) is 5.26 Å². The van der Waals surface area contributed by atoms with Crippen LogP contribution in [-0.4, -0.2) is 44.2 Å². The Morgan fingerprint density at radius 2 is 1.97 bits per heavy atom. The lowest BCUT2D eigenvalue weighted by atomic mass is 9.82. The van der Waals surface area contributed by atoms with Gasteiger partial charge in [-0.3, -0.25) is 9.59 Å². The maximum Gasteiger partial charge on any atom is 0.261 e. The maximum absolute atomic E-state index is 14.0. The summed E-state index contributed by atoms with van der Waals surface area (Å²) in [4.78, 5) is 29.8. The third-order valence-electron chi connectivity index (χ3n) is 7.35. The second kappa shape index (κ2) is 6.48. The van der Waals surface area contributed by atoms with Crippen LogP contribution in [0.15, 0.2) is 18.2 Å². The minimum atomic E-state index is -0.905. The molecule has 162 valence electrons. The van der Waals surface area contributed by atoms with Gasteiger partial charge in [0, 0.05) is 12.5 Å². The molecule has 2 bridgehead atoms. The van der Waals surface area contributed by atoms with Gasteiger partial charge in [0.15, 0.2) is 21.2 Å². The number of hydrogen-bond acceptors (Lipinski definition) is 7. The Bertz CT molecular complexity index is 1040. The number of fused-ring (bicyclic) bond motifs is 3. The average Bonchev–Trinajstić information content (AvgIpc) is 3.34. The molecule has 5 aliphatic heterocycles. The Balaban J connectivity index is 1.49.